The van der Waals surface area contributed by atoms with E-state index in [0.717, 1.165) is 6.26 Å². The maximum atomic E-state index is 11.7. The lowest BCUT2D eigenvalue weighted by atomic mass is 10.1. The van der Waals surface area contributed by atoms with E-state index in [0.29, 0.717) is 4.31 Å². The Kier molecular flexibility index (Phi) is 4.15. The summed E-state index contributed by atoms with van der Waals surface area (Å²) in [5.74, 6) is -2.70. The first-order valence-corrected chi connectivity index (χ1v) is 7.05. The molecule has 0 saturated carbocycles. The third kappa shape index (κ3) is 3.22. The zero-order valence-electron chi connectivity index (χ0n) is 10.3. The van der Waals surface area contributed by atoms with Gasteiger partial charge in [-0.2, -0.15) is 0 Å². The highest BCUT2D eigenvalue weighted by Crippen LogP contribution is 2.25. The second kappa shape index (κ2) is 5.27. The molecular weight excluding hydrogens is 274 g/mol. The van der Waals surface area contributed by atoms with E-state index in [2.05, 4.69) is 0 Å². The molecule has 0 fully saturated rings. The minimum atomic E-state index is -3.93. The molecule has 1 aromatic rings. The van der Waals surface area contributed by atoms with Crippen LogP contribution >= 0.6 is 0 Å². The van der Waals surface area contributed by atoms with Crippen LogP contribution in [0.1, 0.15) is 17.3 Å². The Morgan fingerprint density at radius 1 is 1.21 bits per heavy atom. The van der Waals surface area contributed by atoms with Crippen LogP contribution in [-0.2, 0) is 14.8 Å². The average molecular weight is 287 g/mol. The number of hydrogen-bond acceptors (Lipinski definition) is 4. The van der Waals surface area contributed by atoms with E-state index in [1.54, 1.807) is 0 Å². The molecule has 7 nitrogen and oxygen atoms in total. The SMILES string of the molecule is CC(C(=O)O)N(c1ccccc1C(=O)O)S(C)(=O)=O. The molecule has 0 saturated heterocycles. The van der Waals surface area contributed by atoms with Crippen molar-refractivity contribution in [1.29, 1.82) is 0 Å². The highest BCUT2D eigenvalue weighted by molar-refractivity contribution is 7.92. The van der Waals surface area contributed by atoms with Crippen LogP contribution in [0.3, 0.4) is 0 Å². The van der Waals surface area contributed by atoms with Gasteiger partial charge in [-0.05, 0) is 19.1 Å². The zero-order valence-corrected chi connectivity index (χ0v) is 11.1. The molecule has 0 aliphatic rings. The van der Waals surface area contributed by atoms with Gasteiger partial charge in [0, 0.05) is 0 Å². The molecular formula is C11H13NO6S. The van der Waals surface area contributed by atoms with Crippen LogP contribution < -0.4 is 4.31 Å². The molecule has 104 valence electrons. The van der Waals surface area contributed by atoms with Gasteiger partial charge in [-0.1, -0.05) is 12.1 Å². The summed E-state index contributed by atoms with van der Waals surface area (Å²) in [6, 6.07) is 3.93. The number of carboxylic acids is 2. The van der Waals surface area contributed by atoms with Gasteiger partial charge >= 0.3 is 11.9 Å². The summed E-state index contributed by atoms with van der Waals surface area (Å²) in [5, 5.41) is 18.0. The van der Waals surface area contributed by atoms with Gasteiger partial charge in [0.15, 0.2) is 0 Å². The number of benzene rings is 1. The molecule has 2 N–H and O–H groups in total. The maximum absolute atomic E-state index is 11.7. The van der Waals surface area contributed by atoms with E-state index in [1.165, 1.54) is 31.2 Å². The molecule has 0 spiro atoms. The highest BCUT2D eigenvalue weighted by atomic mass is 32.2. The van der Waals surface area contributed by atoms with Gasteiger partial charge in [0.05, 0.1) is 17.5 Å². The molecule has 1 aromatic carbocycles. The Morgan fingerprint density at radius 2 is 1.74 bits per heavy atom. The Hall–Kier alpha value is -2.09. The Balaban J connectivity index is 3.51. The van der Waals surface area contributed by atoms with Crippen molar-refractivity contribution < 1.29 is 28.2 Å². The molecule has 0 radical (unpaired) electrons. The van der Waals surface area contributed by atoms with Crippen LogP contribution in [0.25, 0.3) is 0 Å². The summed E-state index contributed by atoms with van der Waals surface area (Å²) in [4.78, 5) is 22.1. The molecule has 0 amide bonds. The van der Waals surface area contributed by atoms with Crippen LogP contribution in [0, 0.1) is 0 Å². The van der Waals surface area contributed by atoms with Gasteiger partial charge in [0.25, 0.3) is 0 Å². The number of para-hydroxylation sites is 1. The lowest BCUT2D eigenvalue weighted by molar-refractivity contribution is -0.137. The van der Waals surface area contributed by atoms with E-state index in [4.69, 9.17) is 10.2 Å². The van der Waals surface area contributed by atoms with Crippen molar-refractivity contribution in [2.75, 3.05) is 10.6 Å². The molecule has 0 bridgehead atoms. The van der Waals surface area contributed by atoms with E-state index in [-0.39, 0.29) is 11.3 Å². The van der Waals surface area contributed by atoms with E-state index in [1.807, 2.05) is 0 Å². The standard InChI is InChI=1S/C11H13NO6S/c1-7(10(13)14)12(19(2,17)18)9-6-4-3-5-8(9)11(15)16/h3-7H,1-2H3,(H,13,14)(H,15,16). The Bertz CT molecular complexity index is 609. The van der Waals surface area contributed by atoms with Crippen LogP contribution in [0.15, 0.2) is 24.3 Å². The predicted molar refractivity (Wildman–Crippen MR) is 67.8 cm³/mol. The van der Waals surface area contributed by atoms with Gasteiger partial charge in [0.2, 0.25) is 10.0 Å². The van der Waals surface area contributed by atoms with Crippen molar-refractivity contribution in [3.05, 3.63) is 29.8 Å². The summed E-state index contributed by atoms with van der Waals surface area (Å²) in [5.41, 5.74) is -0.451. The molecule has 0 aliphatic heterocycles. The molecule has 8 heteroatoms. The second-order valence-electron chi connectivity index (χ2n) is 3.90. The third-order valence-electron chi connectivity index (χ3n) is 2.44. The second-order valence-corrected chi connectivity index (χ2v) is 5.75. The number of rotatable bonds is 5. The molecule has 1 unspecified atom stereocenters. The minimum absolute atomic E-state index is 0.174. The quantitative estimate of drug-likeness (QED) is 0.821. The molecule has 0 heterocycles. The average Bonchev–Trinajstić information content (AvgIpc) is 2.27. The number of aromatic carboxylic acids is 1. The van der Waals surface area contributed by atoms with Crippen molar-refractivity contribution in [2.24, 2.45) is 0 Å². The van der Waals surface area contributed by atoms with Gasteiger partial charge in [-0.15, -0.1) is 0 Å². The van der Waals surface area contributed by atoms with Crippen LogP contribution in [0.2, 0.25) is 0 Å². The monoisotopic (exact) mass is 287 g/mol. The fourth-order valence-electron chi connectivity index (χ4n) is 1.62. The Labute approximate surface area is 110 Å². The summed E-state index contributed by atoms with van der Waals surface area (Å²) in [7, 11) is -3.93. The first-order valence-electron chi connectivity index (χ1n) is 5.20. The Morgan fingerprint density at radius 3 is 2.16 bits per heavy atom. The fraction of sp³-hybridized carbons (Fsp3) is 0.273. The van der Waals surface area contributed by atoms with Gasteiger partial charge in [0.1, 0.15) is 6.04 Å². The number of nitrogens with zero attached hydrogens (tertiary/aromatic N) is 1. The van der Waals surface area contributed by atoms with E-state index in [9.17, 15) is 18.0 Å². The van der Waals surface area contributed by atoms with E-state index >= 15 is 0 Å². The van der Waals surface area contributed by atoms with Crippen molar-refractivity contribution in [3.8, 4) is 0 Å². The molecule has 1 rings (SSSR count). The minimum Gasteiger partial charge on any atom is -0.480 e. The number of carboxylic acid groups (broad SMARTS) is 2. The van der Waals surface area contributed by atoms with Gasteiger partial charge in [-0.25, -0.2) is 18.0 Å². The van der Waals surface area contributed by atoms with Crippen molar-refractivity contribution in [1.82, 2.24) is 0 Å². The van der Waals surface area contributed by atoms with Crippen LogP contribution in [0.5, 0.6) is 0 Å². The number of aliphatic carboxylic acids is 1. The topological polar surface area (TPSA) is 112 Å². The van der Waals surface area contributed by atoms with Crippen LogP contribution in [0.4, 0.5) is 5.69 Å². The first kappa shape index (κ1) is 15.0. The number of sulfonamides is 1. The third-order valence-corrected chi connectivity index (χ3v) is 3.67. The van der Waals surface area contributed by atoms with Gasteiger partial charge in [-0.3, -0.25) is 4.31 Å². The summed E-state index contributed by atoms with van der Waals surface area (Å²) in [6.45, 7) is 1.17. The lowest BCUT2D eigenvalue weighted by Crippen LogP contribution is -2.43. The lowest BCUT2D eigenvalue weighted by Gasteiger charge is -2.27. The first-order chi connectivity index (χ1) is 8.66. The predicted octanol–water partition coefficient (Wildman–Crippen LogP) is 0.624. The molecule has 0 aromatic heterocycles. The summed E-state index contributed by atoms with van der Waals surface area (Å²) >= 11 is 0. The number of anilines is 1. The maximum Gasteiger partial charge on any atom is 0.337 e. The smallest absolute Gasteiger partial charge is 0.337 e. The normalized spacial score (nSPS) is 12.7. The highest BCUT2D eigenvalue weighted by Gasteiger charge is 2.31. The molecule has 0 aliphatic carbocycles. The molecule has 19 heavy (non-hydrogen) atoms. The largest absolute Gasteiger partial charge is 0.480 e. The van der Waals surface area contributed by atoms with E-state index < -0.39 is 28.0 Å². The molecule has 1 atom stereocenters. The summed E-state index contributed by atoms with van der Waals surface area (Å²) < 4.78 is 24.0. The van der Waals surface area contributed by atoms with Crippen molar-refractivity contribution in [3.63, 3.8) is 0 Å². The van der Waals surface area contributed by atoms with Crippen LogP contribution in [-0.4, -0.2) is 42.9 Å². The zero-order chi connectivity index (χ0) is 14.8. The van der Waals surface area contributed by atoms with Crippen molar-refractivity contribution in [2.45, 2.75) is 13.0 Å². The number of hydrogen-bond donors (Lipinski definition) is 2. The van der Waals surface area contributed by atoms with Crippen molar-refractivity contribution >= 4 is 27.6 Å². The number of carbonyl (C=O) groups is 2. The fourth-order valence-corrected chi connectivity index (χ4v) is 2.80. The summed E-state index contributed by atoms with van der Waals surface area (Å²) in [6.07, 6.45) is 0.824. The van der Waals surface area contributed by atoms with Gasteiger partial charge < -0.3 is 10.2 Å².